The zero-order valence-electron chi connectivity index (χ0n) is 15.4. The van der Waals surface area contributed by atoms with Gasteiger partial charge in [0.25, 0.3) is 0 Å². The second-order valence-corrected chi connectivity index (χ2v) is 5.91. The summed E-state index contributed by atoms with van der Waals surface area (Å²) in [4.78, 5) is 0. The zero-order chi connectivity index (χ0) is 18.9. The van der Waals surface area contributed by atoms with Crippen LogP contribution in [0.1, 0.15) is 23.7 Å². The lowest BCUT2D eigenvalue weighted by Gasteiger charge is -2.21. The summed E-state index contributed by atoms with van der Waals surface area (Å²) in [5, 5.41) is 20.3. The molecule has 0 heterocycles. The number of methoxy groups -OCH3 is 3. The first kappa shape index (κ1) is 19.8. The highest BCUT2D eigenvalue weighted by atomic mass is 16.5. The SMILES string of the molecule is COc1ccc(C=CC[C@H](CO)[C@H](O)c2ccc(OC)c(OC)c2)cc1. The lowest BCUT2D eigenvalue weighted by atomic mass is 9.93. The van der Waals surface area contributed by atoms with Crippen LogP contribution in [0.3, 0.4) is 0 Å². The molecule has 5 heteroatoms. The molecule has 140 valence electrons. The van der Waals surface area contributed by atoms with Crippen molar-refractivity contribution >= 4 is 6.08 Å². The van der Waals surface area contributed by atoms with Crippen LogP contribution >= 0.6 is 0 Å². The average molecular weight is 358 g/mol. The second kappa shape index (κ2) is 9.85. The van der Waals surface area contributed by atoms with E-state index in [-0.39, 0.29) is 12.5 Å². The topological polar surface area (TPSA) is 68.2 Å². The first-order chi connectivity index (χ1) is 12.6. The van der Waals surface area contributed by atoms with Crippen LogP contribution in [0.15, 0.2) is 48.5 Å². The van der Waals surface area contributed by atoms with Gasteiger partial charge in [0, 0.05) is 12.5 Å². The molecule has 0 aromatic heterocycles. The normalized spacial score (nSPS) is 13.4. The number of allylic oxidation sites excluding steroid dienone is 1. The summed E-state index contributed by atoms with van der Waals surface area (Å²) in [6.45, 7) is -0.123. The highest BCUT2D eigenvalue weighted by molar-refractivity contribution is 5.50. The molecule has 0 bridgehead atoms. The van der Waals surface area contributed by atoms with Gasteiger partial charge >= 0.3 is 0 Å². The molecule has 2 N–H and O–H groups in total. The zero-order valence-corrected chi connectivity index (χ0v) is 15.4. The van der Waals surface area contributed by atoms with Crippen molar-refractivity contribution in [1.29, 1.82) is 0 Å². The van der Waals surface area contributed by atoms with Gasteiger partial charge in [-0.05, 0) is 41.8 Å². The third-order valence-electron chi connectivity index (χ3n) is 4.30. The van der Waals surface area contributed by atoms with Crippen LogP contribution in [0.4, 0.5) is 0 Å². The Morgan fingerprint density at radius 3 is 2.19 bits per heavy atom. The summed E-state index contributed by atoms with van der Waals surface area (Å²) in [5.41, 5.74) is 1.71. The van der Waals surface area contributed by atoms with E-state index in [2.05, 4.69) is 0 Å². The van der Waals surface area contributed by atoms with E-state index < -0.39 is 6.10 Å². The Morgan fingerprint density at radius 2 is 1.62 bits per heavy atom. The van der Waals surface area contributed by atoms with Gasteiger partial charge in [-0.3, -0.25) is 0 Å². The molecule has 0 saturated heterocycles. The van der Waals surface area contributed by atoms with Crippen molar-refractivity contribution in [3.8, 4) is 17.2 Å². The van der Waals surface area contributed by atoms with Gasteiger partial charge in [0.05, 0.1) is 27.4 Å². The maximum Gasteiger partial charge on any atom is 0.161 e. The number of hydrogen-bond acceptors (Lipinski definition) is 5. The molecular formula is C21H26O5. The van der Waals surface area contributed by atoms with Crippen molar-refractivity contribution in [1.82, 2.24) is 0 Å². The smallest absolute Gasteiger partial charge is 0.161 e. The van der Waals surface area contributed by atoms with E-state index in [1.54, 1.807) is 39.5 Å². The number of rotatable bonds is 9. The van der Waals surface area contributed by atoms with Gasteiger partial charge in [-0.1, -0.05) is 30.4 Å². The number of ether oxygens (including phenoxy) is 3. The van der Waals surface area contributed by atoms with Gasteiger partial charge in [0.2, 0.25) is 0 Å². The summed E-state index contributed by atoms with van der Waals surface area (Å²) >= 11 is 0. The van der Waals surface area contributed by atoms with E-state index in [0.29, 0.717) is 23.5 Å². The summed E-state index contributed by atoms with van der Waals surface area (Å²) in [6, 6.07) is 13.0. The van der Waals surface area contributed by atoms with Crippen molar-refractivity contribution < 1.29 is 24.4 Å². The molecule has 2 rings (SSSR count). The molecule has 2 atom stereocenters. The van der Waals surface area contributed by atoms with Gasteiger partial charge in [-0.2, -0.15) is 0 Å². The van der Waals surface area contributed by atoms with Crippen LogP contribution in [-0.4, -0.2) is 38.1 Å². The fourth-order valence-corrected chi connectivity index (χ4v) is 2.71. The van der Waals surface area contributed by atoms with Crippen LogP contribution in [0.2, 0.25) is 0 Å². The van der Waals surface area contributed by atoms with E-state index >= 15 is 0 Å². The molecule has 0 amide bonds. The number of aliphatic hydroxyl groups excluding tert-OH is 2. The Balaban J connectivity index is 2.05. The maximum atomic E-state index is 10.6. The minimum atomic E-state index is -0.805. The monoisotopic (exact) mass is 358 g/mol. The van der Waals surface area contributed by atoms with Crippen LogP contribution in [-0.2, 0) is 0 Å². The predicted octanol–water partition coefficient (Wildman–Crippen LogP) is 3.46. The molecule has 0 spiro atoms. The Hall–Kier alpha value is -2.50. The fourth-order valence-electron chi connectivity index (χ4n) is 2.71. The average Bonchev–Trinajstić information content (AvgIpc) is 2.70. The first-order valence-electron chi connectivity index (χ1n) is 8.44. The molecule has 0 aliphatic heterocycles. The molecule has 0 fully saturated rings. The maximum absolute atomic E-state index is 10.6. The molecule has 26 heavy (non-hydrogen) atoms. The van der Waals surface area contributed by atoms with Crippen molar-refractivity contribution in [2.24, 2.45) is 5.92 Å². The minimum absolute atomic E-state index is 0.123. The molecule has 2 aromatic carbocycles. The largest absolute Gasteiger partial charge is 0.497 e. The Kier molecular flexibility index (Phi) is 7.51. The number of benzene rings is 2. The fraction of sp³-hybridized carbons (Fsp3) is 0.333. The lowest BCUT2D eigenvalue weighted by molar-refractivity contribution is 0.0682. The molecule has 0 aliphatic rings. The highest BCUT2D eigenvalue weighted by Crippen LogP contribution is 2.33. The van der Waals surface area contributed by atoms with E-state index in [1.807, 2.05) is 36.4 Å². The van der Waals surface area contributed by atoms with Gasteiger partial charge in [-0.15, -0.1) is 0 Å². The Bertz CT molecular complexity index is 709. The van der Waals surface area contributed by atoms with Crippen LogP contribution in [0.25, 0.3) is 6.08 Å². The van der Waals surface area contributed by atoms with E-state index in [1.165, 1.54) is 0 Å². The second-order valence-electron chi connectivity index (χ2n) is 5.91. The summed E-state index contributed by atoms with van der Waals surface area (Å²) in [7, 11) is 4.75. The van der Waals surface area contributed by atoms with E-state index in [0.717, 1.165) is 11.3 Å². The minimum Gasteiger partial charge on any atom is -0.497 e. The van der Waals surface area contributed by atoms with Crippen molar-refractivity contribution in [3.05, 3.63) is 59.7 Å². The Labute approximate surface area is 154 Å². The third kappa shape index (κ3) is 5.00. The van der Waals surface area contributed by atoms with Crippen LogP contribution in [0, 0.1) is 5.92 Å². The predicted molar refractivity (Wildman–Crippen MR) is 102 cm³/mol. The van der Waals surface area contributed by atoms with Gasteiger partial charge < -0.3 is 24.4 Å². The van der Waals surface area contributed by atoms with Gasteiger partial charge in [0.15, 0.2) is 11.5 Å². The van der Waals surface area contributed by atoms with Crippen LogP contribution in [0.5, 0.6) is 17.2 Å². The summed E-state index contributed by atoms with van der Waals surface area (Å²) in [5.74, 6) is 1.64. The quantitative estimate of drug-likeness (QED) is 0.718. The number of hydrogen-bond donors (Lipinski definition) is 2. The van der Waals surface area contributed by atoms with Crippen molar-refractivity contribution in [3.63, 3.8) is 0 Å². The number of aliphatic hydroxyl groups is 2. The van der Waals surface area contributed by atoms with Crippen LogP contribution < -0.4 is 14.2 Å². The summed E-state index contributed by atoms with van der Waals surface area (Å²) < 4.78 is 15.6. The molecule has 0 radical (unpaired) electrons. The third-order valence-corrected chi connectivity index (χ3v) is 4.30. The standard InChI is InChI=1S/C21H26O5/c1-24-18-10-7-15(8-11-18)5-4-6-17(14-22)21(23)16-9-12-19(25-2)20(13-16)26-3/h4-5,7-13,17,21-23H,6,14H2,1-3H3/t17-,21-/m1/s1. The Morgan fingerprint density at radius 1 is 0.923 bits per heavy atom. The van der Waals surface area contributed by atoms with Gasteiger partial charge in [-0.25, -0.2) is 0 Å². The molecule has 0 aliphatic carbocycles. The molecular weight excluding hydrogens is 332 g/mol. The molecule has 0 saturated carbocycles. The highest BCUT2D eigenvalue weighted by Gasteiger charge is 2.20. The van der Waals surface area contributed by atoms with E-state index in [4.69, 9.17) is 14.2 Å². The van der Waals surface area contributed by atoms with Crippen molar-refractivity contribution in [2.75, 3.05) is 27.9 Å². The first-order valence-corrected chi connectivity index (χ1v) is 8.44. The molecule has 2 aromatic rings. The van der Waals surface area contributed by atoms with Crippen molar-refractivity contribution in [2.45, 2.75) is 12.5 Å². The molecule has 5 nitrogen and oxygen atoms in total. The molecule has 0 unspecified atom stereocenters. The van der Waals surface area contributed by atoms with E-state index in [9.17, 15) is 10.2 Å². The lowest BCUT2D eigenvalue weighted by Crippen LogP contribution is -2.16. The van der Waals surface area contributed by atoms with Gasteiger partial charge in [0.1, 0.15) is 5.75 Å². The summed E-state index contributed by atoms with van der Waals surface area (Å²) in [6.07, 6.45) is 3.65.